The number of fused-ring (bicyclic) bond motifs is 1. The maximum Gasteiger partial charge on any atom is 0.404 e. The van der Waals surface area contributed by atoms with E-state index in [-0.39, 0.29) is 6.04 Å². The van der Waals surface area contributed by atoms with Crippen LogP contribution in [0.4, 0.5) is 32.0 Å². The molecule has 0 spiro atoms. The second-order valence-corrected chi connectivity index (χ2v) is 9.75. The van der Waals surface area contributed by atoms with Crippen molar-refractivity contribution in [1.29, 1.82) is 0 Å². The quantitative estimate of drug-likeness (QED) is 0.293. The molecule has 4 rings (SSSR count). The number of anilines is 1. The zero-order valence-electron chi connectivity index (χ0n) is 18.2. The zero-order valence-corrected chi connectivity index (χ0v) is 19.0. The fourth-order valence-corrected chi connectivity index (χ4v) is 5.33. The predicted octanol–water partition coefficient (Wildman–Crippen LogP) is 8.02. The number of hydrogen-bond acceptors (Lipinski definition) is 3. The smallest absolute Gasteiger partial charge is 0.361 e. The Bertz CT molecular complexity index is 1040. The number of nitrogens with one attached hydrogen (secondary N) is 1. The summed E-state index contributed by atoms with van der Waals surface area (Å²) >= 11 is 1.84. The van der Waals surface area contributed by atoms with Crippen LogP contribution in [0.5, 0.6) is 0 Å². The van der Waals surface area contributed by atoms with Crippen molar-refractivity contribution in [2.24, 2.45) is 5.92 Å². The van der Waals surface area contributed by atoms with Crippen molar-refractivity contribution in [1.82, 2.24) is 4.90 Å². The van der Waals surface area contributed by atoms with Crippen molar-refractivity contribution in [2.75, 3.05) is 11.1 Å². The first kappa shape index (κ1) is 24.6. The highest BCUT2D eigenvalue weighted by molar-refractivity contribution is 7.99. The Morgan fingerprint density at radius 2 is 1.71 bits per heavy atom. The van der Waals surface area contributed by atoms with Crippen LogP contribution in [0.3, 0.4) is 0 Å². The van der Waals surface area contributed by atoms with Gasteiger partial charge in [-0.2, -0.15) is 26.3 Å². The molecule has 1 aliphatic heterocycles. The largest absolute Gasteiger partial charge is 0.404 e. The summed E-state index contributed by atoms with van der Waals surface area (Å²) in [6.07, 6.45) is -6.56. The van der Waals surface area contributed by atoms with Gasteiger partial charge in [0.2, 0.25) is 0 Å². The minimum absolute atomic E-state index is 0.257. The van der Waals surface area contributed by atoms with E-state index in [0.717, 1.165) is 34.9 Å². The topological polar surface area (TPSA) is 15.3 Å². The van der Waals surface area contributed by atoms with E-state index in [2.05, 4.69) is 30.6 Å². The molecule has 2 aromatic carbocycles. The van der Waals surface area contributed by atoms with E-state index in [0.29, 0.717) is 17.9 Å². The third-order valence-electron chi connectivity index (χ3n) is 6.04. The number of halogens is 6. The maximum atomic E-state index is 13.0. The van der Waals surface area contributed by atoms with Gasteiger partial charge in [0.05, 0.1) is 6.04 Å². The summed E-state index contributed by atoms with van der Waals surface area (Å²) in [5.74, 6) is -1.60. The Kier molecular flexibility index (Phi) is 6.68. The van der Waals surface area contributed by atoms with Gasteiger partial charge in [0.25, 0.3) is 0 Å². The number of alkyl halides is 6. The SMILES string of the molecule is C=CN1Cc2cc(SCC3CC3)ccc2C1C(=C)Nc1ccc(C(C(F)(F)F)C(F)(F)F)cc1. The molecule has 0 bridgehead atoms. The monoisotopic (exact) mass is 498 g/mol. The molecule has 182 valence electrons. The number of nitrogens with zero attached hydrogens (tertiary/aromatic N) is 1. The van der Waals surface area contributed by atoms with Gasteiger partial charge >= 0.3 is 12.4 Å². The second-order valence-electron chi connectivity index (χ2n) is 8.66. The molecule has 1 aliphatic carbocycles. The first-order valence-corrected chi connectivity index (χ1v) is 11.8. The average Bonchev–Trinajstić information content (AvgIpc) is 3.49. The van der Waals surface area contributed by atoms with Crippen LogP contribution in [0.1, 0.15) is 41.5 Å². The molecule has 1 saturated carbocycles. The second kappa shape index (κ2) is 9.24. The molecule has 0 aromatic heterocycles. The lowest BCUT2D eigenvalue weighted by Crippen LogP contribution is -2.34. The van der Waals surface area contributed by atoms with E-state index in [1.54, 1.807) is 6.20 Å². The lowest BCUT2D eigenvalue weighted by molar-refractivity contribution is -0.253. The van der Waals surface area contributed by atoms with Crippen molar-refractivity contribution >= 4 is 17.4 Å². The Hall–Kier alpha value is -2.55. The summed E-state index contributed by atoms with van der Waals surface area (Å²) < 4.78 is 78.0. The molecule has 9 heteroatoms. The van der Waals surface area contributed by atoms with Gasteiger partial charge in [-0.3, -0.25) is 0 Å². The molecule has 1 N–H and O–H groups in total. The summed E-state index contributed by atoms with van der Waals surface area (Å²) in [6.45, 7) is 8.60. The van der Waals surface area contributed by atoms with Crippen LogP contribution in [-0.2, 0) is 6.54 Å². The minimum atomic E-state index is -5.43. The summed E-state index contributed by atoms with van der Waals surface area (Å²) in [7, 11) is 0. The molecule has 2 aliphatic rings. The molecular formula is C25H24F6N2S. The third kappa shape index (κ3) is 5.40. The van der Waals surface area contributed by atoms with Crippen molar-refractivity contribution in [2.45, 2.75) is 48.6 Å². The van der Waals surface area contributed by atoms with Crippen LogP contribution in [-0.4, -0.2) is 23.0 Å². The molecule has 34 heavy (non-hydrogen) atoms. The molecule has 1 heterocycles. The standard InChI is InChI=1S/C25H24F6N2S/c1-3-33-13-18-12-20(34-14-16-4-5-16)10-11-21(18)22(33)15(2)32-19-8-6-17(7-9-19)23(24(26,27)28)25(29,30)31/h3,6-12,16,22-23,32H,1-2,4-5,13-14H2. The molecule has 0 amide bonds. The highest BCUT2D eigenvalue weighted by Crippen LogP contribution is 2.47. The first-order valence-electron chi connectivity index (χ1n) is 10.8. The summed E-state index contributed by atoms with van der Waals surface area (Å²) in [5.41, 5.74) is 2.23. The van der Waals surface area contributed by atoms with Crippen LogP contribution in [0.2, 0.25) is 0 Å². The number of benzene rings is 2. The van der Waals surface area contributed by atoms with Gasteiger partial charge in [-0.1, -0.05) is 31.4 Å². The Balaban J connectivity index is 1.49. The van der Waals surface area contributed by atoms with Crippen LogP contribution >= 0.6 is 11.8 Å². The fraction of sp³-hybridized carbons (Fsp3) is 0.360. The fourth-order valence-electron chi connectivity index (χ4n) is 4.17. The van der Waals surface area contributed by atoms with Crippen LogP contribution in [0, 0.1) is 5.92 Å². The van der Waals surface area contributed by atoms with E-state index in [1.165, 1.54) is 29.9 Å². The van der Waals surface area contributed by atoms with Gasteiger partial charge in [0, 0.05) is 28.6 Å². The van der Waals surface area contributed by atoms with E-state index in [1.807, 2.05) is 22.7 Å². The van der Waals surface area contributed by atoms with Crippen LogP contribution < -0.4 is 5.32 Å². The Morgan fingerprint density at radius 1 is 1.06 bits per heavy atom. The predicted molar refractivity (Wildman–Crippen MR) is 122 cm³/mol. The van der Waals surface area contributed by atoms with Gasteiger partial charge in [-0.05, 0) is 65.9 Å². The molecule has 1 fully saturated rings. The number of thioether (sulfide) groups is 1. The van der Waals surface area contributed by atoms with Gasteiger partial charge in [-0.25, -0.2) is 0 Å². The lowest BCUT2D eigenvalue weighted by Gasteiger charge is -2.26. The highest BCUT2D eigenvalue weighted by atomic mass is 32.2. The summed E-state index contributed by atoms with van der Waals surface area (Å²) in [5, 5.41) is 3.04. The van der Waals surface area contributed by atoms with Crippen LogP contribution in [0.15, 0.2) is 72.4 Å². The molecule has 0 saturated heterocycles. The zero-order chi connectivity index (χ0) is 24.7. The molecule has 1 atom stereocenters. The van der Waals surface area contributed by atoms with E-state index in [9.17, 15) is 26.3 Å². The van der Waals surface area contributed by atoms with Crippen molar-refractivity contribution in [3.8, 4) is 0 Å². The molecule has 2 aromatic rings. The first-order chi connectivity index (χ1) is 16.0. The molecule has 1 unspecified atom stereocenters. The van der Waals surface area contributed by atoms with E-state index >= 15 is 0 Å². The third-order valence-corrected chi connectivity index (χ3v) is 7.27. The van der Waals surface area contributed by atoms with E-state index in [4.69, 9.17) is 0 Å². The number of hydrogen-bond donors (Lipinski definition) is 1. The Labute approximate surface area is 198 Å². The lowest BCUT2D eigenvalue weighted by atomic mass is 9.97. The summed E-state index contributed by atoms with van der Waals surface area (Å²) in [4.78, 5) is 3.20. The normalized spacial score (nSPS) is 18.2. The Morgan fingerprint density at radius 3 is 2.26 bits per heavy atom. The van der Waals surface area contributed by atoms with Crippen molar-refractivity contribution in [3.05, 3.63) is 84.2 Å². The highest BCUT2D eigenvalue weighted by Gasteiger charge is 2.57. The minimum Gasteiger partial charge on any atom is -0.361 e. The number of rotatable bonds is 8. The average molecular weight is 499 g/mol. The van der Waals surface area contributed by atoms with Gasteiger partial charge < -0.3 is 10.2 Å². The van der Waals surface area contributed by atoms with Crippen molar-refractivity contribution < 1.29 is 26.3 Å². The molecule has 2 nitrogen and oxygen atoms in total. The van der Waals surface area contributed by atoms with Crippen LogP contribution in [0.25, 0.3) is 0 Å². The van der Waals surface area contributed by atoms with Crippen molar-refractivity contribution in [3.63, 3.8) is 0 Å². The maximum absolute atomic E-state index is 13.0. The van der Waals surface area contributed by atoms with Gasteiger partial charge in [0.15, 0.2) is 5.92 Å². The van der Waals surface area contributed by atoms with E-state index < -0.39 is 23.8 Å². The van der Waals surface area contributed by atoms with Gasteiger partial charge in [-0.15, -0.1) is 11.8 Å². The molecular weight excluding hydrogens is 474 g/mol. The van der Waals surface area contributed by atoms with Gasteiger partial charge in [0.1, 0.15) is 0 Å². The summed E-state index contributed by atoms with van der Waals surface area (Å²) in [6, 6.07) is 10.1. The molecule has 0 radical (unpaired) electrons.